The zero-order chi connectivity index (χ0) is 12.1. The van der Waals surface area contributed by atoms with Crippen LogP contribution in [0.15, 0.2) is 22.8 Å². The van der Waals surface area contributed by atoms with E-state index in [0.29, 0.717) is 13.0 Å². The van der Waals surface area contributed by atoms with Gasteiger partial charge in [0.15, 0.2) is 0 Å². The first-order valence-corrected chi connectivity index (χ1v) is 6.32. The van der Waals surface area contributed by atoms with Crippen LogP contribution >= 0.6 is 0 Å². The molecule has 1 fully saturated rings. The van der Waals surface area contributed by atoms with Crippen LogP contribution in [0.2, 0.25) is 0 Å². The van der Waals surface area contributed by atoms with Gasteiger partial charge in [-0.1, -0.05) is 0 Å². The van der Waals surface area contributed by atoms with Gasteiger partial charge in [-0.05, 0) is 31.9 Å². The maximum Gasteiger partial charge on any atom is 0.223 e. The number of nitrogens with one attached hydrogen (secondary N) is 1. The second-order valence-corrected chi connectivity index (χ2v) is 4.53. The van der Waals surface area contributed by atoms with E-state index in [2.05, 4.69) is 5.32 Å². The van der Waals surface area contributed by atoms with Crippen molar-refractivity contribution >= 4 is 5.91 Å². The Morgan fingerprint density at radius 1 is 1.53 bits per heavy atom. The largest absolute Gasteiger partial charge is 0.468 e. The molecule has 0 spiro atoms. The Kier molecular flexibility index (Phi) is 4.20. The molecule has 0 aliphatic carbocycles. The zero-order valence-electron chi connectivity index (χ0n) is 10.3. The summed E-state index contributed by atoms with van der Waals surface area (Å²) < 4.78 is 5.29. The van der Waals surface area contributed by atoms with E-state index >= 15 is 0 Å². The van der Waals surface area contributed by atoms with Gasteiger partial charge >= 0.3 is 0 Å². The number of likely N-dealkylation sites (tertiary alicyclic amines) is 1. The lowest BCUT2D eigenvalue weighted by molar-refractivity contribution is -0.130. The fraction of sp³-hybridized carbons (Fsp3) is 0.615. The predicted octanol–water partition coefficient (Wildman–Crippen LogP) is 1.94. The van der Waals surface area contributed by atoms with Crippen LogP contribution in [-0.2, 0) is 4.79 Å². The number of hydrogen-bond donors (Lipinski definition) is 1. The second-order valence-electron chi connectivity index (χ2n) is 4.53. The summed E-state index contributed by atoms with van der Waals surface area (Å²) in [5, 5.41) is 3.30. The summed E-state index contributed by atoms with van der Waals surface area (Å²) in [5.74, 6) is 1.18. The number of amides is 1. The van der Waals surface area contributed by atoms with Gasteiger partial charge in [-0.3, -0.25) is 4.79 Å². The molecule has 4 nitrogen and oxygen atoms in total. The van der Waals surface area contributed by atoms with E-state index in [4.69, 9.17) is 4.42 Å². The van der Waals surface area contributed by atoms with Gasteiger partial charge in [-0.2, -0.15) is 0 Å². The van der Waals surface area contributed by atoms with Crippen molar-refractivity contribution in [3.8, 4) is 0 Å². The molecule has 0 saturated carbocycles. The van der Waals surface area contributed by atoms with E-state index in [9.17, 15) is 4.79 Å². The molecule has 17 heavy (non-hydrogen) atoms. The zero-order valence-corrected chi connectivity index (χ0v) is 10.3. The highest BCUT2D eigenvalue weighted by molar-refractivity contribution is 5.76. The molecule has 1 unspecified atom stereocenters. The molecule has 1 aliphatic heterocycles. The van der Waals surface area contributed by atoms with Crippen molar-refractivity contribution in [1.82, 2.24) is 10.2 Å². The Labute approximate surface area is 102 Å². The molecule has 2 heterocycles. The van der Waals surface area contributed by atoms with Gasteiger partial charge in [0.2, 0.25) is 5.91 Å². The summed E-state index contributed by atoms with van der Waals surface area (Å²) in [4.78, 5) is 13.7. The lowest BCUT2D eigenvalue weighted by Gasteiger charge is -2.16. The second kappa shape index (κ2) is 5.87. The quantitative estimate of drug-likeness (QED) is 0.849. The van der Waals surface area contributed by atoms with Gasteiger partial charge < -0.3 is 14.6 Å². The van der Waals surface area contributed by atoms with Crippen LogP contribution in [0.25, 0.3) is 0 Å². The number of nitrogens with zero attached hydrogens (tertiary/aromatic N) is 1. The molecule has 1 aromatic heterocycles. The Hall–Kier alpha value is -1.29. The molecule has 1 aromatic rings. The Balaban J connectivity index is 1.67. The molecule has 1 N–H and O–H groups in total. The van der Waals surface area contributed by atoms with Crippen molar-refractivity contribution in [2.75, 3.05) is 19.6 Å². The number of furan rings is 1. The van der Waals surface area contributed by atoms with E-state index in [0.717, 1.165) is 31.7 Å². The third-order valence-electron chi connectivity index (χ3n) is 3.22. The smallest absolute Gasteiger partial charge is 0.223 e. The van der Waals surface area contributed by atoms with Crippen LogP contribution in [0.4, 0.5) is 0 Å². The highest BCUT2D eigenvalue weighted by Crippen LogP contribution is 2.12. The summed E-state index contributed by atoms with van der Waals surface area (Å²) in [6, 6.07) is 3.99. The summed E-state index contributed by atoms with van der Waals surface area (Å²) in [6.07, 6.45) is 4.55. The van der Waals surface area contributed by atoms with Crippen LogP contribution in [0.5, 0.6) is 0 Å². The number of rotatable bonds is 5. The first-order chi connectivity index (χ1) is 8.27. The van der Waals surface area contributed by atoms with E-state index in [1.807, 2.05) is 24.0 Å². The topological polar surface area (TPSA) is 45.5 Å². The maximum absolute atomic E-state index is 11.8. The molecular weight excluding hydrogens is 216 g/mol. The maximum atomic E-state index is 11.8. The molecule has 2 rings (SSSR count). The van der Waals surface area contributed by atoms with Gasteiger partial charge in [-0.25, -0.2) is 0 Å². The van der Waals surface area contributed by atoms with Crippen molar-refractivity contribution in [1.29, 1.82) is 0 Å². The molecular formula is C13H20N2O2. The molecule has 0 radical (unpaired) electrons. The Morgan fingerprint density at radius 2 is 2.29 bits per heavy atom. The fourth-order valence-electron chi connectivity index (χ4n) is 2.16. The van der Waals surface area contributed by atoms with E-state index < -0.39 is 0 Å². The van der Waals surface area contributed by atoms with E-state index in [-0.39, 0.29) is 11.9 Å². The molecule has 0 bridgehead atoms. The molecule has 94 valence electrons. The lowest BCUT2D eigenvalue weighted by atomic mass is 10.2. The molecule has 4 heteroatoms. The van der Waals surface area contributed by atoms with Crippen molar-refractivity contribution in [3.05, 3.63) is 24.2 Å². The third kappa shape index (κ3) is 3.33. The van der Waals surface area contributed by atoms with Crippen LogP contribution < -0.4 is 5.32 Å². The molecule has 1 saturated heterocycles. The highest BCUT2D eigenvalue weighted by Gasteiger charge is 2.17. The molecule has 1 amide bonds. The number of carbonyl (C=O) groups excluding carboxylic acids is 1. The predicted molar refractivity (Wildman–Crippen MR) is 65.6 cm³/mol. The van der Waals surface area contributed by atoms with Crippen LogP contribution in [0, 0.1) is 0 Å². The molecule has 1 aliphatic rings. The van der Waals surface area contributed by atoms with Crippen molar-refractivity contribution in [2.24, 2.45) is 0 Å². The van der Waals surface area contributed by atoms with Gasteiger partial charge in [0.1, 0.15) is 5.76 Å². The monoisotopic (exact) mass is 236 g/mol. The van der Waals surface area contributed by atoms with Crippen molar-refractivity contribution in [2.45, 2.75) is 32.2 Å². The molecule has 0 aromatic carbocycles. The van der Waals surface area contributed by atoms with Gasteiger partial charge in [-0.15, -0.1) is 0 Å². The normalized spacial score (nSPS) is 17.4. The standard InChI is InChI=1S/C13H20N2O2/c1-11(12-5-4-10-17-12)14-7-6-13(16)15-8-2-3-9-15/h4-5,10-11,14H,2-3,6-9H2,1H3. The average molecular weight is 236 g/mol. The van der Waals surface area contributed by atoms with E-state index in [1.165, 1.54) is 0 Å². The van der Waals surface area contributed by atoms with Crippen molar-refractivity contribution in [3.63, 3.8) is 0 Å². The van der Waals surface area contributed by atoms with Gasteiger partial charge in [0, 0.05) is 26.1 Å². The average Bonchev–Trinajstić information content (AvgIpc) is 3.02. The Bertz CT molecular complexity index is 342. The van der Waals surface area contributed by atoms with Crippen LogP contribution in [0.1, 0.15) is 38.0 Å². The Morgan fingerprint density at radius 3 is 2.94 bits per heavy atom. The summed E-state index contributed by atoms with van der Waals surface area (Å²) in [7, 11) is 0. The first kappa shape index (κ1) is 12.2. The lowest BCUT2D eigenvalue weighted by Crippen LogP contribution is -2.31. The minimum atomic E-state index is 0.163. The molecule has 1 atom stereocenters. The van der Waals surface area contributed by atoms with Crippen LogP contribution in [0.3, 0.4) is 0 Å². The van der Waals surface area contributed by atoms with Crippen molar-refractivity contribution < 1.29 is 9.21 Å². The fourth-order valence-corrected chi connectivity index (χ4v) is 2.16. The summed E-state index contributed by atoms with van der Waals surface area (Å²) in [5.41, 5.74) is 0. The minimum absolute atomic E-state index is 0.163. The SMILES string of the molecule is CC(NCCC(=O)N1CCCC1)c1ccco1. The number of carbonyl (C=O) groups is 1. The van der Waals surface area contributed by atoms with Crippen LogP contribution in [-0.4, -0.2) is 30.4 Å². The summed E-state index contributed by atoms with van der Waals surface area (Å²) >= 11 is 0. The summed E-state index contributed by atoms with van der Waals surface area (Å²) in [6.45, 7) is 4.62. The van der Waals surface area contributed by atoms with E-state index in [1.54, 1.807) is 6.26 Å². The minimum Gasteiger partial charge on any atom is -0.468 e. The van der Waals surface area contributed by atoms with Gasteiger partial charge in [0.05, 0.1) is 12.3 Å². The van der Waals surface area contributed by atoms with Gasteiger partial charge in [0.25, 0.3) is 0 Å². The third-order valence-corrected chi connectivity index (χ3v) is 3.22. The highest BCUT2D eigenvalue weighted by atomic mass is 16.3. The number of hydrogen-bond acceptors (Lipinski definition) is 3. The first-order valence-electron chi connectivity index (χ1n) is 6.32.